The Bertz CT molecular complexity index is 1690. The Hall–Kier alpha value is -4.65. The number of fused-ring (bicyclic) bond motifs is 1. The lowest BCUT2D eigenvalue weighted by atomic mass is 10.0. The maximum Gasteiger partial charge on any atom is 0.416 e. The zero-order valence-corrected chi connectivity index (χ0v) is 26.1. The van der Waals surface area contributed by atoms with Crippen LogP contribution in [0.4, 0.5) is 29.6 Å². The van der Waals surface area contributed by atoms with Crippen molar-refractivity contribution < 1.29 is 32.5 Å². The highest BCUT2D eigenvalue weighted by Gasteiger charge is 2.38. The number of nitrogens with one attached hydrogen (secondary N) is 2. The van der Waals surface area contributed by atoms with Gasteiger partial charge in [0, 0.05) is 54.5 Å². The molecule has 0 spiro atoms. The van der Waals surface area contributed by atoms with Gasteiger partial charge in [-0.15, -0.1) is 0 Å². The van der Waals surface area contributed by atoms with E-state index in [9.17, 15) is 23.1 Å². The van der Waals surface area contributed by atoms with Crippen LogP contribution in [0.25, 0.3) is 22.0 Å². The van der Waals surface area contributed by atoms with E-state index < -0.39 is 24.4 Å². The molecule has 0 unspecified atom stereocenters. The first-order valence-corrected chi connectivity index (χ1v) is 15.0. The minimum Gasteiger partial charge on any atom is -0.444 e. The summed E-state index contributed by atoms with van der Waals surface area (Å²) in [6.07, 6.45) is -2.72. The summed E-state index contributed by atoms with van der Waals surface area (Å²) in [5.74, 6) is 1.15. The second kappa shape index (κ2) is 13.4. The number of benzene rings is 2. The van der Waals surface area contributed by atoms with Crippen LogP contribution in [0.3, 0.4) is 0 Å². The van der Waals surface area contributed by atoms with Gasteiger partial charge in [0.05, 0.1) is 11.3 Å². The summed E-state index contributed by atoms with van der Waals surface area (Å²) < 4.78 is 50.6. The highest BCUT2D eigenvalue weighted by atomic mass is 19.4. The van der Waals surface area contributed by atoms with Crippen LogP contribution >= 0.6 is 0 Å². The number of alkyl halides is 3. The van der Waals surface area contributed by atoms with Crippen LogP contribution in [-0.2, 0) is 4.74 Å². The second-order valence-electron chi connectivity index (χ2n) is 12.2. The van der Waals surface area contributed by atoms with Crippen molar-refractivity contribution in [2.45, 2.75) is 64.5 Å². The molecule has 13 heteroatoms. The van der Waals surface area contributed by atoms with Crippen LogP contribution in [0, 0.1) is 6.92 Å². The number of anilines is 2. The number of aryl methyl sites for hydroxylation is 1. The average molecular weight is 639 g/mol. The summed E-state index contributed by atoms with van der Waals surface area (Å²) in [7, 11) is 0. The fourth-order valence-electron chi connectivity index (χ4n) is 5.16. The van der Waals surface area contributed by atoms with E-state index in [0.29, 0.717) is 52.5 Å². The molecule has 3 N–H and O–H groups in total. The maximum atomic E-state index is 12.9. The molecule has 2 aromatic heterocycles. The summed E-state index contributed by atoms with van der Waals surface area (Å²) in [6, 6.07) is 14.0. The second-order valence-corrected chi connectivity index (χ2v) is 12.2. The molecule has 0 radical (unpaired) electrons. The van der Waals surface area contributed by atoms with Crippen molar-refractivity contribution in [1.82, 2.24) is 19.9 Å². The number of carbonyl (C=O) groups is 1. The molecule has 0 saturated carbocycles. The third-order valence-corrected chi connectivity index (χ3v) is 7.38. The Labute approximate surface area is 265 Å². The van der Waals surface area contributed by atoms with Gasteiger partial charge < -0.3 is 30.1 Å². The van der Waals surface area contributed by atoms with Crippen molar-refractivity contribution in [3.63, 3.8) is 0 Å². The van der Waals surface area contributed by atoms with E-state index in [-0.39, 0.29) is 18.0 Å². The number of hydrogen-bond acceptors (Lipinski definition) is 9. The lowest BCUT2D eigenvalue weighted by Crippen LogP contribution is -2.47. The van der Waals surface area contributed by atoms with Crippen molar-refractivity contribution >= 4 is 28.5 Å². The molecule has 1 fully saturated rings. The summed E-state index contributed by atoms with van der Waals surface area (Å²) in [5, 5.41) is 16.8. The molecule has 0 aliphatic carbocycles. The molecule has 46 heavy (non-hydrogen) atoms. The number of halogens is 3. The van der Waals surface area contributed by atoms with E-state index in [0.717, 1.165) is 18.4 Å². The lowest BCUT2D eigenvalue weighted by molar-refractivity contribution is -0.198. The van der Waals surface area contributed by atoms with E-state index in [4.69, 9.17) is 14.5 Å². The molecule has 1 aliphatic heterocycles. The third-order valence-electron chi connectivity index (χ3n) is 7.38. The van der Waals surface area contributed by atoms with Crippen molar-refractivity contribution in [3.05, 3.63) is 66.5 Å². The quantitative estimate of drug-likeness (QED) is 0.188. The monoisotopic (exact) mass is 638 g/mol. The summed E-state index contributed by atoms with van der Waals surface area (Å²) in [5.41, 5.74) is 1.79. The number of piperidine rings is 1. The molecule has 1 amide bonds. The molecule has 5 rings (SSSR count). The van der Waals surface area contributed by atoms with Crippen molar-refractivity contribution in [3.8, 4) is 22.9 Å². The third kappa shape index (κ3) is 7.94. The SMILES string of the molecule is Cc1ccc2c(NC[C@H](O)C(F)(F)F)cccc2c1Oc1ncccc1-c1ccnc(N[C@H]2CCCN(C(=O)OC(C)(C)C)C2)n1. The Morgan fingerprint density at radius 3 is 2.63 bits per heavy atom. The Balaban J connectivity index is 1.37. The number of hydrogen-bond donors (Lipinski definition) is 3. The lowest BCUT2D eigenvalue weighted by Gasteiger charge is -2.34. The molecule has 4 aromatic rings. The smallest absolute Gasteiger partial charge is 0.416 e. The molecule has 1 aliphatic rings. The minimum atomic E-state index is -4.73. The molecular weight excluding hydrogens is 601 g/mol. The van der Waals surface area contributed by atoms with Crippen LogP contribution in [-0.4, -0.2) is 74.6 Å². The number of ether oxygens (including phenoxy) is 2. The Morgan fingerprint density at radius 2 is 1.87 bits per heavy atom. The fourth-order valence-corrected chi connectivity index (χ4v) is 5.16. The highest BCUT2D eigenvalue weighted by molar-refractivity contribution is 5.98. The van der Waals surface area contributed by atoms with Gasteiger partial charge in [-0.1, -0.05) is 24.3 Å². The number of aliphatic hydroxyl groups excluding tert-OH is 1. The first kappa shape index (κ1) is 32.7. The van der Waals surface area contributed by atoms with Crippen molar-refractivity contribution in [2.24, 2.45) is 0 Å². The number of likely N-dealkylation sites (tertiary alicyclic amines) is 1. The molecule has 10 nitrogen and oxygen atoms in total. The van der Waals surface area contributed by atoms with Gasteiger partial charge in [0.1, 0.15) is 11.4 Å². The van der Waals surface area contributed by atoms with E-state index >= 15 is 0 Å². The van der Waals surface area contributed by atoms with Crippen LogP contribution in [0.1, 0.15) is 39.2 Å². The van der Waals surface area contributed by atoms with Crippen molar-refractivity contribution in [2.75, 3.05) is 30.3 Å². The van der Waals surface area contributed by atoms with Gasteiger partial charge in [0.2, 0.25) is 11.8 Å². The number of aromatic nitrogens is 3. The Kier molecular flexibility index (Phi) is 9.52. The summed E-state index contributed by atoms with van der Waals surface area (Å²) in [6.45, 7) is 7.76. The zero-order valence-electron chi connectivity index (χ0n) is 26.1. The highest BCUT2D eigenvalue weighted by Crippen LogP contribution is 2.39. The van der Waals surface area contributed by atoms with Gasteiger partial charge in [-0.3, -0.25) is 0 Å². The number of pyridine rings is 1. The molecule has 2 atom stereocenters. The largest absolute Gasteiger partial charge is 0.444 e. The maximum absolute atomic E-state index is 12.9. The van der Waals surface area contributed by atoms with Crippen LogP contribution in [0.2, 0.25) is 0 Å². The number of carbonyl (C=O) groups excluding carboxylic acids is 1. The zero-order chi connectivity index (χ0) is 33.1. The van der Waals surface area contributed by atoms with Gasteiger partial charge in [0.15, 0.2) is 6.10 Å². The van der Waals surface area contributed by atoms with E-state index in [1.807, 2.05) is 45.9 Å². The van der Waals surface area contributed by atoms with Crippen LogP contribution in [0.15, 0.2) is 60.9 Å². The van der Waals surface area contributed by atoms with Gasteiger partial charge in [-0.05, 0) is 70.4 Å². The first-order valence-electron chi connectivity index (χ1n) is 15.0. The average Bonchev–Trinajstić information content (AvgIpc) is 3.00. The number of rotatable bonds is 8. The van der Waals surface area contributed by atoms with Gasteiger partial charge in [-0.2, -0.15) is 13.2 Å². The normalized spacial score (nSPS) is 16.2. The number of nitrogens with zero attached hydrogens (tertiary/aromatic N) is 4. The topological polar surface area (TPSA) is 122 Å². The molecule has 244 valence electrons. The Morgan fingerprint density at radius 1 is 1.07 bits per heavy atom. The predicted molar refractivity (Wildman–Crippen MR) is 169 cm³/mol. The first-order chi connectivity index (χ1) is 21.8. The molecular formula is C33H37F3N6O4. The molecule has 1 saturated heterocycles. The summed E-state index contributed by atoms with van der Waals surface area (Å²) in [4.78, 5) is 27.9. The van der Waals surface area contributed by atoms with E-state index in [1.54, 1.807) is 47.6 Å². The standard InChI is InChI=1S/C33H37F3N6O4/c1-20-12-13-22-23(9-5-11-25(22)39-18-27(43)33(34,35)36)28(20)45-29-24(10-6-15-37-29)26-14-16-38-30(41-26)40-21-8-7-17-42(19-21)31(44)46-32(2,3)4/h5-6,9-16,21,27,39,43H,7-8,17-19H2,1-4H3,(H,38,40,41)/t21-,27-/m0/s1. The van der Waals surface area contributed by atoms with E-state index in [2.05, 4.69) is 20.6 Å². The summed E-state index contributed by atoms with van der Waals surface area (Å²) >= 11 is 0. The fraction of sp³-hybridized carbons (Fsp3) is 0.394. The minimum absolute atomic E-state index is 0.0699. The molecule has 3 heterocycles. The van der Waals surface area contributed by atoms with Crippen molar-refractivity contribution in [1.29, 1.82) is 0 Å². The van der Waals surface area contributed by atoms with Gasteiger partial charge in [-0.25, -0.2) is 19.7 Å². The van der Waals surface area contributed by atoms with Gasteiger partial charge >= 0.3 is 12.3 Å². The predicted octanol–water partition coefficient (Wildman–Crippen LogP) is 6.94. The molecule has 0 bridgehead atoms. The van der Waals surface area contributed by atoms with Gasteiger partial charge in [0.25, 0.3) is 0 Å². The van der Waals surface area contributed by atoms with E-state index in [1.165, 1.54) is 0 Å². The van der Waals surface area contributed by atoms with Crippen LogP contribution < -0.4 is 15.4 Å². The number of aliphatic hydroxyl groups is 1. The number of amides is 1. The van der Waals surface area contributed by atoms with Crippen LogP contribution in [0.5, 0.6) is 11.6 Å². The molecule has 2 aromatic carbocycles.